The second-order valence-electron chi connectivity index (χ2n) is 9.12. The molecule has 6 heteroatoms. The number of aryl methyl sites for hydroxylation is 1. The van der Waals surface area contributed by atoms with Crippen molar-refractivity contribution in [3.8, 4) is 17.2 Å². The number of hydrogen-bond donors (Lipinski definition) is 1. The molecule has 2 unspecified atom stereocenters. The molecule has 0 spiro atoms. The molecule has 4 rings (SSSR count). The molecule has 2 aliphatic heterocycles. The molecule has 186 valence electrons. The summed E-state index contributed by atoms with van der Waals surface area (Å²) >= 11 is 1.86. The number of thioether (sulfide) groups is 1. The maximum Gasteiger partial charge on any atom is 0.161 e. The molecule has 1 saturated heterocycles. The SMILES string of the molecule is CCOc1ccc(CCC2CCC(c3ccc4c(c3)SC(CC)(CC)O4)N2CO)cc1OCC. The Labute approximate surface area is 208 Å². The first-order chi connectivity index (χ1) is 16.6. The summed E-state index contributed by atoms with van der Waals surface area (Å²) in [6.45, 7) is 9.69. The Hall–Kier alpha value is -1.89. The summed E-state index contributed by atoms with van der Waals surface area (Å²) in [6.07, 6.45) is 6.09. The lowest BCUT2D eigenvalue weighted by Gasteiger charge is -2.28. The van der Waals surface area contributed by atoms with Crippen LogP contribution in [-0.2, 0) is 6.42 Å². The largest absolute Gasteiger partial charge is 0.490 e. The van der Waals surface area contributed by atoms with Crippen LogP contribution in [-0.4, -0.2) is 40.9 Å². The van der Waals surface area contributed by atoms with Gasteiger partial charge in [-0.1, -0.05) is 37.7 Å². The third-order valence-electron chi connectivity index (χ3n) is 7.20. The second-order valence-corrected chi connectivity index (χ2v) is 10.5. The zero-order valence-electron chi connectivity index (χ0n) is 21.0. The molecule has 5 nitrogen and oxygen atoms in total. The Morgan fingerprint density at radius 2 is 1.76 bits per heavy atom. The van der Waals surface area contributed by atoms with Crippen LogP contribution >= 0.6 is 11.8 Å². The third kappa shape index (κ3) is 5.19. The standard InChI is InChI=1S/C28H39NO4S/c1-5-28(6-2)33-25-16-11-21(18-27(25)34-28)23-14-13-22(29(23)19-30)12-9-20-10-15-24(31-7-3)26(17-20)32-8-4/h10-11,15-18,22-23,30H,5-9,12-14,19H2,1-4H3. The van der Waals surface area contributed by atoms with Crippen LogP contribution in [0.5, 0.6) is 17.2 Å². The summed E-state index contributed by atoms with van der Waals surface area (Å²) in [5.41, 5.74) is 2.53. The van der Waals surface area contributed by atoms with Crippen molar-refractivity contribution in [2.75, 3.05) is 19.9 Å². The molecule has 0 amide bonds. The van der Waals surface area contributed by atoms with E-state index in [2.05, 4.69) is 49.1 Å². The van der Waals surface area contributed by atoms with Crippen molar-refractivity contribution >= 4 is 11.8 Å². The molecular formula is C28H39NO4S. The van der Waals surface area contributed by atoms with E-state index in [1.807, 2.05) is 31.7 Å². The lowest BCUT2D eigenvalue weighted by atomic mass is 10.0. The summed E-state index contributed by atoms with van der Waals surface area (Å²) in [4.78, 5) is 3.38. The van der Waals surface area contributed by atoms with Crippen LogP contribution in [0.2, 0.25) is 0 Å². The lowest BCUT2D eigenvalue weighted by Crippen LogP contribution is -2.32. The Kier molecular flexibility index (Phi) is 8.33. The summed E-state index contributed by atoms with van der Waals surface area (Å²) in [7, 11) is 0. The third-order valence-corrected chi connectivity index (χ3v) is 8.77. The van der Waals surface area contributed by atoms with Crippen molar-refractivity contribution in [3.05, 3.63) is 47.5 Å². The van der Waals surface area contributed by atoms with Gasteiger partial charge in [-0.2, -0.15) is 0 Å². The zero-order valence-corrected chi connectivity index (χ0v) is 21.8. The minimum absolute atomic E-state index is 0.0807. The van der Waals surface area contributed by atoms with Crippen molar-refractivity contribution in [2.24, 2.45) is 0 Å². The molecule has 0 radical (unpaired) electrons. The normalized spacial score (nSPS) is 21.3. The van der Waals surface area contributed by atoms with Crippen molar-refractivity contribution in [2.45, 2.75) is 88.1 Å². The van der Waals surface area contributed by atoms with Crippen molar-refractivity contribution in [3.63, 3.8) is 0 Å². The van der Waals surface area contributed by atoms with Crippen LogP contribution in [0.1, 0.15) is 77.0 Å². The molecule has 2 aromatic carbocycles. The predicted molar refractivity (Wildman–Crippen MR) is 138 cm³/mol. The molecular weight excluding hydrogens is 446 g/mol. The first kappa shape index (κ1) is 25.2. The summed E-state index contributed by atoms with van der Waals surface area (Å²) in [6, 6.07) is 13.5. The van der Waals surface area contributed by atoms with Gasteiger partial charge < -0.3 is 19.3 Å². The van der Waals surface area contributed by atoms with E-state index in [1.165, 1.54) is 16.0 Å². The fraction of sp³-hybridized carbons (Fsp3) is 0.571. The lowest BCUT2D eigenvalue weighted by molar-refractivity contribution is 0.0595. The molecule has 0 aromatic heterocycles. The molecule has 2 atom stereocenters. The van der Waals surface area contributed by atoms with Gasteiger partial charge in [-0.05, 0) is 87.8 Å². The number of rotatable bonds is 11. The molecule has 0 bridgehead atoms. The number of nitrogens with zero attached hydrogens (tertiary/aromatic N) is 1. The van der Waals surface area contributed by atoms with E-state index < -0.39 is 0 Å². The predicted octanol–water partition coefficient (Wildman–Crippen LogP) is 6.57. The minimum atomic E-state index is -0.131. The fourth-order valence-electron chi connectivity index (χ4n) is 5.26. The van der Waals surface area contributed by atoms with E-state index in [4.69, 9.17) is 14.2 Å². The molecule has 2 aromatic rings. The maximum atomic E-state index is 10.3. The molecule has 34 heavy (non-hydrogen) atoms. The number of likely N-dealkylation sites (tertiary alicyclic amines) is 1. The van der Waals surface area contributed by atoms with E-state index in [0.29, 0.717) is 19.3 Å². The van der Waals surface area contributed by atoms with Crippen LogP contribution < -0.4 is 14.2 Å². The Morgan fingerprint density at radius 1 is 1.00 bits per heavy atom. The van der Waals surface area contributed by atoms with Gasteiger partial charge in [0.1, 0.15) is 5.75 Å². The number of fused-ring (bicyclic) bond motifs is 1. The van der Waals surface area contributed by atoms with Gasteiger partial charge in [0.25, 0.3) is 0 Å². The van der Waals surface area contributed by atoms with Gasteiger partial charge in [-0.25, -0.2) is 0 Å². The molecule has 2 heterocycles. The molecule has 1 N–H and O–H groups in total. The zero-order chi connectivity index (χ0) is 24.1. The maximum absolute atomic E-state index is 10.3. The highest BCUT2D eigenvalue weighted by Crippen LogP contribution is 2.52. The Balaban J connectivity index is 1.43. The van der Waals surface area contributed by atoms with Crippen LogP contribution in [0.4, 0.5) is 0 Å². The highest BCUT2D eigenvalue weighted by atomic mass is 32.2. The van der Waals surface area contributed by atoms with Gasteiger partial charge in [-0.3, -0.25) is 4.90 Å². The number of benzene rings is 2. The van der Waals surface area contributed by atoms with Gasteiger partial charge in [0, 0.05) is 12.1 Å². The van der Waals surface area contributed by atoms with Crippen LogP contribution in [0, 0.1) is 0 Å². The van der Waals surface area contributed by atoms with Gasteiger partial charge in [0.05, 0.1) is 24.8 Å². The Morgan fingerprint density at radius 3 is 2.47 bits per heavy atom. The monoisotopic (exact) mass is 485 g/mol. The Bertz CT molecular complexity index is 961. The van der Waals surface area contributed by atoms with E-state index in [9.17, 15) is 5.11 Å². The average Bonchev–Trinajstić information content (AvgIpc) is 3.45. The van der Waals surface area contributed by atoms with Gasteiger partial charge >= 0.3 is 0 Å². The smallest absolute Gasteiger partial charge is 0.161 e. The van der Waals surface area contributed by atoms with Crippen molar-refractivity contribution < 1.29 is 19.3 Å². The van der Waals surface area contributed by atoms with Crippen LogP contribution in [0.15, 0.2) is 41.3 Å². The highest BCUT2D eigenvalue weighted by molar-refractivity contribution is 8.00. The van der Waals surface area contributed by atoms with Gasteiger partial charge in [0.15, 0.2) is 16.4 Å². The topological polar surface area (TPSA) is 51.2 Å². The molecule has 2 aliphatic rings. The van der Waals surface area contributed by atoms with E-state index in [0.717, 1.165) is 55.8 Å². The van der Waals surface area contributed by atoms with Crippen molar-refractivity contribution in [1.82, 2.24) is 4.90 Å². The molecule has 0 aliphatic carbocycles. The first-order valence-electron chi connectivity index (χ1n) is 12.8. The number of aliphatic hydroxyl groups excluding tert-OH is 1. The van der Waals surface area contributed by atoms with E-state index >= 15 is 0 Å². The number of ether oxygens (including phenoxy) is 3. The minimum Gasteiger partial charge on any atom is -0.490 e. The summed E-state index contributed by atoms with van der Waals surface area (Å²) in [5, 5.41) is 10.3. The van der Waals surface area contributed by atoms with Crippen LogP contribution in [0.3, 0.4) is 0 Å². The van der Waals surface area contributed by atoms with Gasteiger partial charge in [-0.15, -0.1) is 0 Å². The highest BCUT2D eigenvalue weighted by Gasteiger charge is 2.39. The number of hydrogen-bond acceptors (Lipinski definition) is 6. The summed E-state index contributed by atoms with van der Waals surface area (Å²) in [5.74, 6) is 2.63. The van der Waals surface area contributed by atoms with E-state index in [-0.39, 0.29) is 17.7 Å². The average molecular weight is 486 g/mol. The first-order valence-corrected chi connectivity index (χ1v) is 13.6. The number of aliphatic hydroxyl groups is 1. The van der Waals surface area contributed by atoms with Crippen LogP contribution in [0.25, 0.3) is 0 Å². The second kappa shape index (κ2) is 11.2. The molecule has 1 fully saturated rings. The fourth-order valence-corrected chi connectivity index (χ4v) is 6.49. The van der Waals surface area contributed by atoms with Crippen molar-refractivity contribution in [1.29, 1.82) is 0 Å². The van der Waals surface area contributed by atoms with Gasteiger partial charge in [0.2, 0.25) is 0 Å². The van der Waals surface area contributed by atoms with E-state index in [1.54, 1.807) is 0 Å². The quantitative estimate of drug-likeness (QED) is 0.388. The molecule has 0 saturated carbocycles. The summed E-state index contributed by atoms with van der Waals surface area (Å²) < 4.78 is 17.8.